The molecule has 0 atom stereocenters. The van der Waals surface area contributed by atoms with Crippen molar-refractivity contribution in [3.05, 3.63) is 16.7 Å². The van der Waals surface area contributed by atoms with Gasteiger partial charge in [0.1, 0.15) is 0 Å². The molecule has 0 fully saturated rings. The molecule has 1 aromatic heterocycles. The zero-order valence-corrected chi connectivity index (χ0v) is 10.1. The third kappa shape index (κ3) is 2.98. The number of rotatable bonds is 6. The van der Waals surface area contributed by atoms with E-state index in [9.17, 15) is 4.79 Å². The smallest absolute Gasteiger partial charge is 0.295 e. The van der Waals surface area contributed by atoms with E-state index in [4.69, 9.17) is 4.74 Å². The average Bonchev–Trinajstić information content (AvgIpc) is 2.29. The monoisotopic (exact) mass is 225 g/mol. The topological polar surface area (TPSA) is 58.2 Å². The second kappa shape index (κ2) is 6.15. The van der Waals surface area contributed by atoms with Crippen LogP contribution in [0.2, 0.25) is 0 Å². The van der Waals surface area contributed by atoms with Gasteiger partial charge in [0.05, 0.1) is 13.4 Å². The molecule has 0 bridgehead atoms. The zero-order chi connectivity index (χ0) is 12.0. The van der Waals surface area contributed by atoms with E-state index in [0.29, 0.717) is 5.82 Å². The molecule has 1 N–H and O–H groups in total. The van der Waals surface area contributed by atoms with Crippen LogP contribution in [-0.4, -0.2) is 30.7 Å². The summed E-state index contributed by atoms with van der Waals surface area (Å²) in [5.41, 5.74) is -0.241. The summed E-state index contributed by atoms with van der Waals surface area (Å²) >= 11 is 0. The maximum absolute atomic E-state index is 11.5. The van der Waals surface area contributed by atoms with Crippen LogP contribution < -0.4 is 15.2 Å². The second-order valence-electron chi connectivity index (χ2n) is 3.72. The van der Waals surface area contributed by atoms with Crippen LogP contribution in [0.1, 0.15) is 26.2 Å². The number of nitrogens with zero attached hydrogens (tertiary/aromatic N) is 2. The van der Waals surface area contributed by atoms with Crippen LogP contribution in [0, 0.1) is 0 Å². The van der Waals surface area contributed by atoms with Crippen molar-refractivity contribution in [1.82, 2.24) is 9.97 Å². The van der Waals surface area contributed by atoms with Gasteiger partial charge in [0, 0.05) is 13.6 Å². The summed E-state index contributed by atoms with van der Waals surface area (Å²) in [6.45, 7) is 3.03. The quantitative estimate of drug-likeness (QED) is 0.744. The van der Waals surface area contributed by atoms with Crippen molar-refractivity contribution in [2.24, 2.45) is 0 Å². The Labute approximate surface area is 95.5 Å². The lowest BCUT2D eigenvalue weighted by Gasteiger charge is -2.19. The van der Waals surface area contributed by atoms with E-state index < -0.39 is 0 Å². The van der Waals surface area contributed by atoms with Gasteiger partial charge in [-0.1, -0.05) is 19.8 Å². The minimum Gasteiger partial charge on any atom is -0.489 e. The molecule has 5 nitrogen and oxygen atoms in total. The number of unbranched alkanes of at least 4 members (excludes halogenated alkanes) is 2. The number of hydrogen-bond donors (Lipinski definition) is 1. The van der Waals surface area contributed by atoms with Gasteiger partial charge in [0.2, 0.25) is 5.75 Å². The van der Waals surface area contributed by atoms with Crippen molar-refractivity contribution in [3.63, 3.8) is 0 Å². The minimum atomic E-state index is -0.241. The van der Waals surface area contributed by atoms with Gasteiger partial charge >= 0.3 is 0 Å². The first-order chi connectivity index (χ1) is 7.70. The third-order valence-corrected chi connectivity index (χ3v) is 2.45. The summed E-state index contributed by atoms with van der Waals surface area (Å²) in [4.78, 5) is 20.0. The molecular formula is C11H19N3O2. The highest BCUT2D eigenvalue weighted by atomic mass is 16.5. The summed E-state index contributed by atoms with van der Waals surface area (Å²) < 4.78 is 5.06. The number of hydrogen-bond acceptors (Lipinski definition) is 4. The Hall–Kier alpha value is -1.52. The number of ether oxygens (including phenoxy) is 1. The van der Waals surface area contributed by atoms with Gasteiger partial charge in [0.25, 0.3) is 5.56 Å². The summed E-state index contributed by atoms with van der Waals surface area (Å²) in [6, 6.07) is 0. The molecule has 1 rings (SSSR count). The zero-order valence-electron chi connectivity index (χ0n) is 10.1. The van der Waals surface area contributed by atoms with Gasteiger partial charge in [-0.25, -0.2) is 4.98 Å². The fraction of sp³-hybridized carbons (Fsp3) is 0.636. The maximum atomic E-state index is 11.5. The molecule has 0 saturated carbocycles. The number of methoxy groups -OCH3 is 1. The standard InChI is InChI=1S/C11H19N3O2/c1-4-5-6-7-14(2)10-9(16-3)11(15)13-8-12-10/h8H,4-7H2,1-3H3,(H,12,13,15). The summed E-state index contributed by atoms with van der Waals surface area (Å²) in [5.74, 6) is 0.879. The van der Waals surface area contributed by atoms with Crippen LogP contribution in [0.3, 0.4) is 0 Å². The fourth-order valence-corrected chi connectivity index (χ4v) is 1.54. The summed E-state index contributed by atoms with van der Waals surface area (Å²) in [5, 5.41) is 0. The first kappa shape index (κ1) is 12.5. The lowest BCUT2D eigenvalue weighted by Crippen LogP contribution is -2.23. The summed E-state index contributed by atoms with van der Waals surface area (Å²) in [7, 11) is 3.40. The van der Waals surface area contributed by atoms with E-state index in [1.54, 1.807) is 0 Å². The number of aromatic nitrogens is 2. The molecule has 0 spiro atoms. The van der Waals surface area contributed by atoms with Crippen molar-refractivity contribution in [2.45, 2.75) is 26.2 Å². The minimum absolute atomic E-state index is 0.241. The highest BCUT2D eigenvalue weighted by Gasteiger charge is 2.12. The van der Waals surface area contributed by atoms with Crippen LogP contribution in [0.15, 0.2) is 11.1 Å². The highest BCUT2D eigenvalue weighted by Crippen LogP contribution is 2.18. The predicted molar refractivity (Wildman–Crippen MR) is 64.2 cm³/mol. The van der Waals surface area contributed by atoms with Crippen molar-refractivity contribution in [1.29, 1.82) is 0 Å². The van der Waals surface area contributed by atoms with Crippen molar-refractivity contribution < 1.29 is 4.74 Å². The Morgan fingerprint density at radius 1 is 1.50 bits per heavy atom. The molecule has 90 valence electrons. The Kier molecular flexibility index (Phi) is 4.82. The Morgan fingerprint density at radius 2 is 2.25 bits per heavy atom. The molecule has 5 heteroatoms. The van der Waals surface area contributed by atoms with Crippen LogP contribution in [0.25, 0.3) is 0 Å². The maximum Gasteiger partial charge on any atom is 0.295 e. The van der Waals surface area contributed by atoms with Crippen LogP contribution in [0.4, 0.5) is 5.82 Å². The highest BCUT2D eigenvalue weighted by molar-refractivity contribution is 5.49. The van der Waals surface area contributed by atoms with Gasteiger partial charge in [-0.2, -0.15) is 0 Å². The number of H-pyrrole nitrogens is 1. The van der Waals surface area contributed by atoms with E-state index in [-0.39, 0.29) is 11.3 Å². The molecule has 0 aliphatic rings. The first-order valence-electron chi connectivity index (χ1n) is 5.53. The molecule has 0 amide bonds. The largest absolute Gasteiger partial charge is 0.489 e. The van der Waals surface area contributed by atoms with E-state index in [0.717, 1.165) is 13.0 Å². The number of aromatic amines is 1. The predicted octanol–water partition coefficient (Wildman–Crippen LogP) is 1.40. The SMILES string of the molecule is CCCCCN(C)c1nc[nH]c(=O)c1OC. The van der Waals surface area contributed by atoms with Gasteiger partial charge < -0.3 is 14.6 Å². The molecule has 0 saturated heterocycles. The molecule has 1 heterocycles. The fourth-order valence-electron chi connectivity index (χ4n) is 1.54. The molecule has 0 unspecified atom stereocenters. The molecular weight excluding hydrogens is 206 g/mol. The van der Waals surface area contributed by atoms with Gasteiger partial charge in [-0.3, -0.25) is 4.79 Å². The van der Waals surface area contributed by atoms with Crippen molar-refractivity contribution in [2.75, 3.05) is 25.6 Å². The van der Waals surface area contributed by atoms with Crippen molar-refractivity contribution in [3.8, 4) is 5.75 Å². The normalized spacial score (nSPS) is 10.2. The Bertz CT molecular complexity index is 376. The molecule has 0 aliphatic heterocycles. The van der Waals surface area contributed by atoms with E-state index in [2.05, 4.69) is 16.9 Å². The van der Waals surface area contributed by atoms with Crippen molar-refractivity contribution >= 4 is 5.82 Å². The molecule has 0 aromatic carbocycles. The van der Waals surface area contributed by atoms with Crippen LogP contribution in [-0.2, 0) is 0 Å². The Morgan fingerprint density at radius 3 is 2.88 bits per heavy atom. The number of nitrogens with one attached hydrogen (secondary N) is 1. The van der Waals surface area contributed by atoms with E-state index >= 15 is 0 Å². The molecule has 16 heavy (non-hydrogen) atoms. The lowest BCUT2D eigenvalue weighted by molar-refractivity contribution is 0.406. The number of anilines is 1. The van der Waals surface area contributed by atoms with Crippen LogP contribution >= 0.6 is 0 Å². The van der Waals surface area contributed by atoms with E-state index in [1.165, 1.54) is 26.3 Å². The van der Waals surface area contributed by atoms with Gasteiger partial charge in [0.15, 0.2) is 5.82 Å². The third-order valence-electron chi connectivity index (χ3n) is 2.45. The molecule has 1 aromatic rings. The molecule has 0 radical (unpaired) electrons. The van der Waals surface area contributed by atoms with Crippen LogP contribution in [0.5, 0.6) is 5.75 Å². The van der Waals surface area contributed by atoms with Gasteiger partial charge in [-0.15, -0.1) is 0 Å². The van der Waals surface area contributed by atoms with E-state index in [1.807, 2.05) is 11.9 Å². The molecule has 0 aliphatic carbocycles. The second-order valence-corrected chi connectivity index (χ2v) is 3.72. The first-order valence-corrected chi connectivity index (χ1v) is 5.53. The Balaban J connectivity index is 2.78. The van der Waals surface area contributed by atoms with Gasteiger partial charge in [-0.05, 0) is 6.42 Å². The summed E-state index contributed by atoms with van der Waals surface area (Å²) in [6.07, 6.45) is 4.84. The lowest BCUT2D eigenvalue weighted by atomic mass is 10.2. The average molecular weight is 225 g/mol.